The SMILES string of the molecule is Cc1cc2c(nc1C)NC(=O)[C@@]21C=CCNC1. The Kier molecular flexibility index (Phi) is 2.10. The number of amides is 1. The molecule has 2 N–H and O–H groups in total. The van der Waals surface area contributed by atoms with Crippen LogP contribution < -0.4 is 10.6 Å². The van der Waals surface area contributed by atoms with E-state index >= 15 is 0 Å². The van der Waals surface area contributed by atoms with Crippen molar-refractivity contribution in [2.75, 3.05) is 18.4 Å². The summed E-state index contributed by atoms with van der Waals surface area (Å²) >= 11 is 0. The first-order valence-corrected chi connectivity index (χ1v) is 5.82. The maximum atomic E-state index is 12.2. The topological polar surface area (TPSA) is 54.0 Å². The molecule has 0 bridgehead atoms. The summed E-state index contributed by atoms with van der Waals surface area (Å²) in [7, 11) is 0. The highest BCUT2D eigenvalue weighted by molar-refractivity contribution is 6.07. The first-order valence-electron chi connectivity index (χ1n) is 5.82. The highest BCUT2D eigenvalue weighted by atomic mass is 16.2. The van der Waals surface area contributed by atoms with Crippen LogP contribution in [-0.4, -0.2) is 24.0 Å². The van der Waals surface area contributed by atoms with Crippen molar-refractivity contribution in [3.8, 4) is 0 Å². The number of aryl methyl sites for hydroxylation is 2. The number of pyridine rings is 1. The van der Waals surface area contributed by atoms with Gasteiger partial charge in [-0.05, 0) is 25.5 Å². The minimum Gasteiger partial charge on any atom is -0.312 e. The average molecular weight is 229 g/mol. The second-order valence-electron chi connectivity index (χ2n) is 4.75. The van der Waals surface area contributed by atoms with Crippen molar-refractivity contribution < 1.29 is 4.79 Å². The zero-order valence-electron chi connectivity index (χ0n) is 10.0. The van der Waals surface area contributed by atoms with Crippen LogP contribution in [0.3, 0.4) is 0 Å². The lowest BCUT2D eigenvalue weighted by Gasteiger charge is -2.27. The van der Waals surface area contributed by atoms with Gasteiger partial charge in [0, 0.05) is 24.3 Å². The predicted octanol–water partition coefficient (Wildman–Crippen LogP) is 1.05. The fraction of sp³-hybridized carbons (Fsp3) is 0.385. The van der Waals surface area contributed by atoms with Crippen LogP contribution in [0.2, 0.25) is 0 Å². The Hall–Kier alpha value is -1.68. The largest absolute Gasteiger partial charge is 0.312 e. The first-order chi connectivity index (χ1) is 8.13. The number of carbonyl (C=O) groups excluding carboxylic acids is 1. The molecule has 0 saturated heterocycles. The summed E-state index contributed by atoms with van der Waals surface area (Å²) in [6.07, 6.45) is 4.01. The van der Waals surface area contributed by atoms with Gasteiger partial charge in [-0.2, -0.15) is 0 Å². The van der Waals surface area contributed by atoms with Gasteiger partial charge in [-0.25, -0.2) is 4.98 Å². The van der Waals surface area contributed by atoms with Crippen LogP contribution >= 0.6 is 0 Å². The van der Waals surface area contributed by atoms with E-state index in [2.05, 4.69) is 21.7 Å². The van der Waals surface area contributed by atoms with E-state index in [0.717, 1.165) is 23.4 Å². The second-order valence-corrected chi connectivity index (χ2v) is 4.75. The molecule has 1 aromatic rings. The molecule has 2 aliphatic rings. The quantitative estimate of drug-likeness (QED) is 0.654. The fourth-order valence-corrected chi connectivity index (χ4v) is 2.49. The molecule has 0 fully saturated rings. The van der Waals surface area contributed by atoms with Gasteiger partial charge in [0.05, 0.1) is 0 Å². The average Bonchev–Trinajstić information content (AvgIpc) is 2.56. The van der Waals surface area contributed by atoms with Gasteiger partial charge < -0.3 is 10.6 Å². The molecule has 1 amide bonds. The standard InChI is InChI=1S/C13H15N3O/c1-8-6-10-11(15-9(8)2)16-12(17)13(10)4-3-5-14-7-13/h3-4,6,14H,5,7H2,1-2H3,(H,15,16,17)/t13-/m1/s1. The molecule has 0 aliphatic carbocycles. The molecule has 4 heteroatoms. The minimum absolute atomic E-state index is 0.0217. The van der Waals surface area contributed by atoms with E-state index in [-0.39, 0.29) is 5.91 Å². The van der Waals surface area contributed by atoms with Crippen LogP contribution in [0, 0.1) is 13.8 Å². The van der Waals surface area contributed by atoms with Crippen LogP contribution in [0.4, 0.5) is 5.82 Å². The van der Waals surface area contributed by atoms with Crippen LogP contribution in [0.15, 0.2) is 18.2 Å². The van der Waals surface area contributed by atoms with Gasteiger partial charge in [0.1, 0.15) is 11.2 Å². The predicted molar refractivity (Wildman–Crippen MR) is 66.0 cm³/mol. The van der Waals surface area contributed by atoms with Gasteiger partial charge in [-0.1, -0.05) is 12.2 Å². The van der Waals surface area contributed by atoms with E-state index in [1.807, 2.05) is 26.0 Å². The lowest BCUT2D eigenvalue weighted by atomic mass is 9.80. The number of carbonyl (C=O) groups is 1. The van der Waals surface area contributed by atoms with E-state index in [0.29, 0.717) is 12.4 Å². The molecular formula is C13H15N3O. The molecule has 0 saturated carbocycles. The molecule has 0 radical (unpaired) electrons. The van der Waals surface area contributed by atoms with Crippen molar-refractivity contribution >= 4 is 11.7 Å². The molecule has 1 spiro atoms. The Bertz CT molecular complexity index is 536. The van der Waals surface area contributed by atoms with Gasteiger partial charge >= 0.3 is 0 Å². The third-order valence-corrected chi connectivity index (χ3v) is 3.65. The van der Waals surface area contributed by atoms with Gasteiger partial charge in [-0.15, -0.1) is 0 Å². The summed E-state index contributed by atoms with van der Waals surface area (Å²) in [5, 5.41) is 6.13. The highest BCUT2D eigenvalue weighted by Crippen LogP contribution is 2.39. The van der Waals surface area contributed by atoms with Crippen LogP contribution in [0.1, 0.15) is 16.8 Å². The third kappa shape index (κ3) is 1.34. The number of hydrogen-bond donors (Lipinski definition) is 2. The lowest BCUT2D eigenvalue weighted by Crippen LogP contribution is -2.45. The Morgan fingerprint density at radius 2 is 2.24 bits per heavy atom. The van der Waals surface area contributed by atoms with Crippen LogP contribution in [-0.2, 0) is 10.2 Å². The van der Waals surface area contributed by atoms with Gasteiger partial charge in [0.25, 0.3) is 0 Å². The molecule has 0 unspecified atom stereocenters. The Labute approximate surface area is 100 Å². The maximum Gasteiger partial charge on any atom is 0.241 e. The van der Waals surface area contributed by atoms with Crippen molar-refractivity contribution in [1.82, 2.24) is 10.3 Å². The van der Waals surface area contributed by atoms with Crippen molar-refractivity contribution in [3.05, 3.63) is 35.0 Å². The van der Waals surface area contributed by atoms with Gasteiger partial charge in [0.2, 0.25) is 5.91 Å². The number of anilines is 1. The zero-order valence-corrected chi connectivity index (χ0v) is 10.0. The van der Waals surface area contributed by atoms with Crippen LogP contribution in [0.5, 0.6) is 0 Å². The number of hydrogen-bond acceptors (Lipinski definition) is 3. The van der Waals surface area contributed by atoms with Crippen molar-refractivity contribution in [2.45, 2.75) is 19.3 Å². The summed E-state index contributed by atoms with van der Waals surface area (Å²) in [5.41, 5.74) is 2.53. The summed E-state index contributed by atoms with van der Waals surface area (Å²) in [6.45, 7) is 5.45. The van der Waals surface area contributed by atoms with E-state index in [1.165, 1.54) is 0 Å². The normalized spacial score (nSPS) is 26.1. The lowest BCUT2D eigenvalue weighted by molar-refractivity contribution is -0.119. The number of aromatic nitrogens is 1. The van der Waals surface area contributed by atoms with Crippen LogP contribution in [0.25, 0.3) is 0 Å². The van der Waals surface area contributed by atoms with Crippen molar-refractivity contribution in [2.24, 2.45) is 0 Å². The van der Waals surface area contributed by atoms with Gasteiger partial charge in [0.15, 0.2) is 0 Å². The van der Waals surface area contributed by atoms with E-state index in [4.69, 9.17) is 0 Å². The summed E-state index contributed by atoms with van der Waals surface area (Å²) < 4.78 is 0. The molecule has 3 heterocycles. The molecule has 17 heavy (non-hydrogen) atoms. The summed E-state index contributed by atoms with van der Waals surface area (Å²) in [6, 6.07) is 2.08. The van der Waals surface area contributed by atoms with Gasteiger partial charge in [-0.3, -0.25) is 4.79 Å². The van der Waals surface area contributed by atoms with Crippen molar-refractivity contribution in [3.63, 3.8) is 0 Å². The molecule has 1 atom stereocenters. The van der Waals surface area contributed by atoms with E-state index in [9.17, 15) is 4.79 Å². The minimum atomic E-state index is -0.557. The summed E-state index contributed by atoms with van der Waals surface area (Å²) in [4.78, 5) is 16.6. The highest BCUT2D eigenvalue weighted by Gasteiger charge is 2.46. The Morgan fingerprint density at radius 3 is 2.94 bits per heavy atom. The number of rotatable bonds is 0. The molecule has 3 rings (SSSR count). The smallest absolute Gasteiger partial charge is 0.241 e. The Balaban J connectivity index is 2.22. The summed E-state index contributed by atoms with van der Waals surface area (Å²) in [5.74, 6) is 0.736. The number of fused-ring (bicyclic) bond motifs is 2. The molecule has 1 aromatic heterocycles. The number of nitrogens with zero attached hydrogens (tertiary/aromatic N) is 1. The van der Waals surface area contributed by atoms with E-state index in [1.54, 1.807) is 0 Å². The molecule has 4 nitrogen and oxygen atoms in total. The molecule has 0 aromatic carbocycles. The molecule has 88 valence electrons. The zero-order chi connectivity index (χ0) is 12.0. The third-order valence-electron chi connectivity index (χ3n) is 3.65. The first kappa shape index (κ1) is 10.5. The monoisotopic (exact) mass is 229 g/mol. The Morgan fingerprint density at radius 1 is 1.41 bits per heavy atom. The molecular weight excluding hydrogens is 214 g/mol. The maximum absolute atomic E-state index is 12.2. The molecule has 2 aliphatic heterocycles. The number of nitrogens with one attached hydrogen (secondary N) is 2. The second kappa shape index (κ2) is 3.40. The van der Waals surface area contributed by atoms with Crippen molar-refractivity contribution in [1.29, 1.82) is 0 Å². The fourth-order valence-electron chi connectivity index (χ4n) is 2.49. The van der Waals surface area contributed by atoms with E-state index < -0.39 is 5.41 Å².